The van der Waals surface area contributed by atoms with Crippen LogP contribution in [0.5, 0.6) is 0 Å². The zero-order valence-electron chi connectivity index (χ0n) is 8.00. The van der Waals surface area contributed by atoms with Crippen LogP contribution < -0.4 is 0 Å². The fourth-order valence-corrected chi connectivity index (χ4v) is 2.10. The molecular formula is C11H10N2OS. The summed E-state index contributed by atoms with van der Waals surface area (Å²) in [7, 11) is 0. The third-order valence-corrected chi connectivity index (χ3v) is 2.85. The Morgan fingerprint density at radius 2 is 2.33 bits per heavy atom. The molecule has 0 unspecified atom stereocenters. The molecule has 4 heteroatoms. The van der Waals surface area contributed by atoms with Crippen molar-refractivity contribution in [1.82, 2.24) is 9.97 Å². The molecule has 0 aliphatic heterocycles. The first kappa shape index (κ1) is 10.0. The molecule has 0 radical (unpaired) electrons. The van der Waals surface area contributed by atoms with Crippen LogP contribution >= 0.6 is 11.3 Å². The van der Waals surface area contributed by atoms with Gasteiger partial charge < -0.3 is 5.11 Å². The van der Waals surface area contributed by atoms with Crippen molar-refractivity contribution in [2.45, 2.75) is 0 Å². The average molecular weight is 218 g/mol. The summed E-state index contributed by atoms with van der Waals surface area (Å²) in [5.74, 6) is 0. The van der Waals surface area contributed by atoms with Gasteiger partial charge in [0, 0.05) is 12.4 Å². The van der Waals surface area contributed by atoms with E-state index in [0.717, 1.165) is 16.1 Å². The molecule has 2 rings (SSSR count). The second-order valence-corrected chi connectivity index (χ2v) is 3.80. The molecule has 0 saturated heterocycles. The Hall–Kier alpha value is -1.52. The number of hydrogen-bond acceptors (Lipinski definition) is 4. The molecule has 2 aromatic rings. The van der Waals surface area contributed by atoms with Gasteiger partial charge in [-0.2, -0.15) is 0 Å². The van der Waals surface area contributed by atoms with Crippen molar-refractivity contribution in [2.75, 3.05) is 6.61 Å². The lowest BCUT2D eigenvalue weighted by molar-refractivity contribution is 0.343. The molecule has 3 nitrogen and oxygen atoms in total. The molecular weight excluding hydrogens is 208 g/mol. The van der Waals surface area contributed by atoms with Gasteiger partial charge in [-0.15, -0.1) is 11.3 Å². The molecule has 0 aliphatic carbocycles. The Kier molecular flexibility index (Phi) is 3.22. The Balaban J connectivity index is 2.37. The fraction of sp³-hybridized carbons (Fsp3) is 0.0909. The van der Waals surface area contributed by atoms with Gasteiger partial charge in [-0.05, 0) is 17.0 Å². The molecule has 2 aromatic heterocycles. The van der Waals surface area contributed by atoms with Gasteiger partial charge in [0.05, 0.1) is 23.4 Å². The van der Waals surface area contributed by atoms with Crippen LogP contribution in [0, 0.1) is 0 Å². The van der Waals surface area contributed by atoms with Gasteiger partial charge >= 0.3 is 0 Å². The van der Waals surface area contributed by atoms with Crippen LogP contribution in [-0.4, -0.2) is 21.7 Å². The maximum Gasteiger partial charge on any atom is 0.0990 e. The van der Waals surface area contributed by atoms with Crippen molar-refractivity contribution >= 4 is 17.4 Å². The number of nitrogens with zero attached hydrogens (tertiary/aromatic N) is 2. The molecule has 0 aromatic carbocycles. The van der Waals surface area contributed by atoms with Gasteiger partial charge in [0.25, 0.3) is 0 Å². The third-order valence-electron chi connectivity index (χ3n) is 1.89. The summed E-state index contributed by atoms with van der Waals surface area (Å²) in [6.45, 7) is 0.0513. The van der Waals surface area contributed by atoms with E-state index < -0.39 is 0 Å². The van der Waals surface area contributed by atoms with E-state index in [1.54, 1.807) is 36.0 Å². The fourth-order valence-electron chi connectivity index (χ4n) is 1.25. The number of thiophene rings is 1. The van der Waals surface area contributed by atoms with Crippen LogP contribution in [0.3, 0.4) is 0 Å². The summed E-state index contributed by atoms with van der Waals surface area (Å²) < 4.78 is 0. The van der Waals surface area contributed by atoms with E-state index in [9.17, 15) is 0 Å². The molecule has 0 bridgehead atoms. The number of aliphatic hydroxyl groups excluding tert-OH is 1. The monoisotopic (exact) mass is 218 g/mol. The van der Waals surface area contributed by atoms with E-state index in [1.807, 2.05) is 17.5 Å². The number of rotatable bonds is 3. The maximum atomic E-state index is 8.72. The maximum absolute atomic E-state index is 8.72. The molecule has 1 N–H and O–H groups in total. The smallest absolute Gasteiger partial charge is 0.0990 e. The Morgan fingerprint density at radius 3 is 3.07 bits per heavy atom. The zero-order chi connectivity index (χ0) is 10.5. The van der Waals surface area contributed by atoms with Crippen molar-refractivity contribution in [2.24, 2.45) is 0 Å². The van der Waals surface area contributed by atoms with Crippen LogP contribution in [0.25, 0.3) is 16.6 Å². The van der Waals surface area contributed by atoms with Gasteiger partial charge in [0.1, 0.15) is 0 Å². The second kappa shape index (κ2) is 4.82. The molecule has 2 heterocycles. The summed E-state index contributed by atoms with van der Waals surface area (Å²) in [5, 5.41) is 10.7. The van der Waals surface area contributed by atoms with Crippen LogP contribution in [0.1, 0.15) is 5.56 Å². The number of hydrogen-bond donors (Lipinski definition) is 1. The minimum Gasteiger partial charge on any atom is -0.392 e. The van der Waals surface area contributed by atoms with Gasteiger partial charge in [0.15, 0.2) is 0 Å². The SMILES string of the molecule is OCC=Cc1ccsc1-c1cnccn1. The van der Waals surface area contributed by atoms with Gasteiger partial charge in [0.2, 0.25) is 0 Å². The van der Waals surface area contributed by atoms with E-state index in [2.05, 4.69) is 9.97 Å². The molecule has 0 aliphatic rings. The lowest BCUT2D eigenvalue weighted by Crippen LogP contribution is -1.83. The first-order valence-electron chi connectivity index (χ1n) is 4.53. The van der Waals surface area contributed by atoms with E-state index in [-0.39, 0.29) is 6.61 Å². The highest BCUT2D eigenvalue weighted by atomic mass is 32.1. The predicted octanol–water partition coefficient (Wildman–Crippen LogP) is 2.21. The molecule has 0 atom stereocenters. The molecule has 0 spiro atoms. The lowest BCUT2D eigenvalue weighted by atomic mass is 10.2. The minimum atomic E-state index is 0.0513. The van der Waals surface area contributed by atoms with Gasteiger partial charge in [-0.3, -0.25) is 9.97 Å². The standard InChI is InChI=1S/C11H10N2OS/c14-6-1-2-9-3-7-15-11(9)10-8-12-4-5-13-10/h1-5,7-8,14H,6H2. The highest BCUT2D eigenvalue weighted by molar-refractivity contribution is 7.13. The summed E-state index contributed by atoms with van der Waals surface area (Å²) in [5.41, 5.74) is 1.93. The predicted molar refractivity (Wildman–Crippen MR) is 61.5 cm³/mol. The van der Waals surface area contributed by atoms with Crippen LogP contribution in [0.15, 0.2) is 36.1 Å². The first-order chi connectivity index (χ1) is 7.42. The van der Waals surface area contributed by atoms with E-state index in [0.29, 0.717) is 0 Å². The van der Waals surface area contributed by atoms with E-state index in [4.69, 9.17) is 5.11 Å². The Labute approximate surface area is 91.8 Å². The van der Waals surface area contributed by atoms with Gasteiger partial charge in [-0.25, -0.2) is 0 Å². The molecule has 0 amide bonds. The highest BCUT2D eigenvalue weighted by Crippen LogP contribution is 2.28. The van der Waals surface area contributed by atoms with Crippen LogP contribution in [-0.2, 0) is 0 Å². The zero-order valence-corrected chi connectivity index (χ0v) is 8.81. The number of aromatic nitrogens is 2. The molecule has 0 fully saturated rings. The largest absolute Gasteiger partial charge is 0.392 e. The Morgan fingerprint density at radius 1 is 1.40 bits per heavy atom. The lowest BCUT2D eigenvalue weighted by Gasteiger charge is -1.97. The van der Waals surface area contributed by atoms with Crippen LogP contribution in [0.2, 0.25) is 0 Å². The van der Waals surface area contributed by atoms with Crippen molar-refractivity contribution in [3.05, 3.63) is 41.7 Å². The Bertz CT molecular complexity index is 451. The van der Waals surface area contributed by atoms with E-state index >= 15 is 0 Å². The van der Waals surface area contributed by atoms with E-state index in [1.165, 1.54) is 0 Å². The molecule has 15 heavy (non-hydrogen) atoms. The topological polar surface area (TPSA) is 46.0 Å². The highest BCUT2D eigenvalue weighted by Gasteiger charge is 2.04. The van der Waals surface area contributed by atoms with Crippen molar-refractivity contribution < 1.29 is 5.11 Å². The second-order valence-electron chi connectivity index (χ2n) is 2.88. The number of aliphatic hydroxyl groups is 1. The van der Waals surface area contributed by atoms with Crippen molar-refractivity contribution in [3.63, 3.8) is 0 Å². The normalized spacial score (nSPS) is 11.0. The summed E-state index contributed by atoms with van der Waals surface area (Å²) in [4.78, 5) is 9.35. The van der Waals surface area contributed by atoms with Crippen molar-refractivity contribution in [1.29, 1.82) is 0 Å². The van der Waals surface area contributed by atoms with Crippen molar-refractivity contribution in [3.8, 4) is 10.6 Å². The minimum absolute atomic E-state index is 0.0513. The molecule has 0 saturated carbocycles. The van der Waals surface area contributed by atoms with Crippen LogP contribution in [0.4, 0.5) is 0 Å². The summed E-state index contributed by atoms with van der Waals surface area (Å²) in [6, 6.07) is 2.00. The summed E-state index contributed by atoms with van der Waals surface area (Å²) >= 11 is 1.62. The van der Waals surface area contributed by atoms with Gasteiger partial charge in [-0.1, -0.05) is 12.2 Å². The average Bonchev–Trinajstić information content (AvgIpc) is 2.75. The third kappa shape index (κ3) is 2.29. The molecule has 76 valence electrons. The quantitative estimate of drug-likeness (QED) is 0.859. The summed E-state index contributed by atoms with van der Waals surface area (Å²) in [6.07, 6.45) is 8.67. The first-order valence-corrected chi connectivity index (χ1v) is 5.41.